The largest absolute Gasteiger partial charge is 0.441 e. The molecule has 3 fully saturated rings. The Bertz CT molecular complexity index is 717. The Hall–Kier alpha value is -1.93. The van der Waals surface area contributed by atoms with Crippen LogP contribution in [0.3, 0.4) is 0 Å². The van der Waals surface area contributed by atoms with E-state index in [0.717, 1.165) is 31.4 Å². The summed E-state index contributed by atoms with van der Waals surface area (Å²) in [4.78, 5) is 21.2. The number of aromatic nitrogens is 2. The number of anilines is 1. The average molecular weight is 405 g/mol. The lowest BCUT2D eigenvalue weighted by molar-refractivity contribution is 0.00314. The smallest absolute Gasteiger partial charge is 0.407 e. The molecule has 2 aliphatic heterocycles. The van der Waals surface area contributed by atoms with Crippen LogP contribution in [-0.4, -0.2) is 59.7 Å². The van der Waals surface area contributed by atoms with Crippen LogP contribution in [0.15, 0.2) is 12.3 Å². The van der Waals surface area contributed by atoms with Gasteiger partial charge in [0.25, 0.3) is 0 Å². The van der Waals surface area contributed by atoms with Crippen molar-refractivity contribution in [1.29, 1.82) is 0 Å². The first kappa shape index (κ1) is 20.3. The van der Waals surface area contributed by atoms with Crippen molar-refractivity contribution >= 4 is 12.0 Å². The molecule has 8 heteroatoms. The first-order valence-corrected chi connectivity index (χ1v) is 10.7. The van der Waals surface area contributed by atoms with Gasteiger partial charge < -0.3 is 24.8 Å². The number of fused-ring (bicyclic) bond motifs is 1. The zero-order valence-corrected chi connectivity index (χ0v) is 17.5. The summed E-state index contributed by atoms with van der Waals surface area (Å²) in [5, 5.41) is 6.33. The van der Waals surface area contributed by atoms with Crippen LogP contribution in [0.4, 0.5) is 10.7 Å². The van der Waals surface area contributed by atoms with Gasteiger partial charge in [0, 0.05) is 17.7 Å². The van der Waals surface area contributed by atoms with Crippen LogP contribution in [0, 0.1) is 0 Å². The fourth-order valence-corrected chi connectivity index (χ4v) is 4.29. The molecule has 4 rings (SSSR count). The molecule has 3 aliphatic rings. The predicted molar refractivity (Wildman–Crippen MR) is 108 cm³/mol. The zero-order valence-electron chi connectivity index (χ0n) is 17.5. The molecular formula is C21H32N4O4. The van der Waals surface area contributed by atoms with Crippen molar-refractivity contribution in [2.75, 3.05) is 18.5 Å². The maximum Gasteiger partial charge on any atom is 0.407 e. The Balaban J connectivity index is 1.31. The molecular weight excluding hydrogens is 372 g/mol. The van der Waals surface area contributed by atoms with E-state index in [0.29, 0.717) is 19.2 Å². The zero-order chi connectivity index (χ0) is 20.4. The molecule has 1 saturated carbocycles. The highest BCUT2D eigenvalue weighted by atomic mass is 16.6. The highest BCUT2D eigenvalue weighted by molar-refractivity contribution is 5.68. The number of nitrogens with one attached hydrogen (secondary N) is 2. The summed E-state index contributed by atoms with van der Waals surface area (Å²) in [6.45, 7) is 7.16. The predicted octanol–water partition coefficient (Wildman–Crippen LogP) is 2.78. The first-order valence-electron chi connectivity index (χ1n) is 10.7. The SMILES string of the molecule is CC(C)(C)c1ccnc(N[C@@H]2CO[C@@H]3[C@@H]2OC[C@H]3OC(=O)NC2CCCCC2)n1. The lowest BCUT2D eigenvalue weighted by Crippen LogP contribution is -2.42. The lowest BCUT2D eigenvalue weighted by atomic mass is 9.92. The summed E-state index contributed by atoms with van der Waals surface area (Å²) >= 11 is 0. The number of ether oxygens (including phenoxy) is 3. The van der Waals surface area contributed by atoms with Gasteiger partial charge in [-0.05, 0) is 18.9 Å². The van der Waals surface area contributed by atoms with Gasteiger partial charge in [-0.3, -0.25) is 0 Å². The Morgan fingerprint density at radius 1 is 1.14 bits per heavy atom. The number of hydrogen-bond acceptors (Lipinski definition) is 7. The molecule has 160 valence electrons. The molecule has 0 radical (unpaired) electrons. The summed E-state index contributed by atoms with van der Waals surface area (Å²) in [6.07, 6.45) is 6.17. The first-order chi connectivity index (χ1) is 13.9. The Morgan fingerprint density at radius 2 is 1.90 bits per heavy atom. The van der Waals surface area contributed by atoms with Crippen molar-refractivity contribution in [3.63, 3.8) is 0 Å². The molecule has 1 amide bonds. The van der Waals surface area contributed by atoms with E-state index < -0.39 is 6.10 Å². The van der Waals surface area contributed by atoms with E-state index >= 15 is 0 Å². The number of rotatable bonds is 4. The molecule has 4 atom stereocenters. The summed E-state index contributed by atoms with van der Waals surface area (Å²) in [5.41, 5.74) is 0.918. The minimum atomic E-state index is -0.391. The molecule has 8 nitrogen and oxygen atoms in total. The van der Waals surface area contributed by atoms with E-state index in [1.54, 1.807) is 6.20 Å². The third-order valence-electron chi connectivity index (χ3n) is 5.93. The van der Waals surface area contributed by atoms with Crippen molar-refractivity contribution in [2.45, 2.75) is 88.7 Å². The van der Waals surface area contributed by atoms with Crippen LogP contribution in [0.5, 0.6) is 0 Å². The van der Waals surface area contributed by atoms with Crippen molar-refractivity contribution in [1.82, 2.24) is 15.3 Å². The number of nitrogens with zero attached hydrogens (tertiary/aromatic N) is 2. The molecule has 1 aromatic rings. The van der Waals surface area contributed by atoms with Gasteiger partial charge in [-0.25, -0.2) is 14.8 Å². The monoisotopic (exact) mass is 404 g/mol. The van der Waals surface area contributed by atoms with E-state index in [9.17, 15) is 4.79 Å². The van der Waals surface area contributed by atoms with E-state index in [-0.39, 0.29) is 35.8 Å². The van der Waals surface area contributed by atoms with Crippen molar-refractivity contribution in [2.24, 2.45) is 0 Å². The van der Waals surface area contributed by atoms with Crippen molar-refractivity contribution in [3.05, 3.63) is 18.0 Å². The maximum absolute atomic E-state index is 12.3. The highest BCUT2D eigenvalue weighted by Crippen LogP contribution is 2.31. The number of carbonyl (C=O) groups is 1. The normalized spacial score (nSPS) is 30.0. The number of amides is 1. The molecule has 1 aromatic heterocycles. The van der Waals surface area contributed by atoms with Crippen LogP contribution in [0.2, 0.25) is 0 Å². The molecule has 1 aliphatic carbocycles. The van der Waals surface area contributed by atoms with Crippen LogP contribution >= 0.6 is 0 Å². The summed E-state index contributed by atoms with van der Waals surface area (Å²) in [7, 11) is 0. The van der Waals surface area contributed by atoms with Gasteiger partial charge in [-0.15, -0.1) is 0 Å². The fourth-order valence-electron chi connectivity index (χ4n) is 4.29. The van der Waals surface area contributed by atoms with E-state index in [1.807, 2.05) is 6.07 Å². The average Bonchev–Trinajstić information content (AvgIpc) is 3.26. The van der Waals surface area contributed by atoms with Crippen LogP contribution in [0.1, 0.15) is 58.6 Å². The number of carbonyl (C=O) groups excluding carboxylic acids is 1. The maximum atomic E-state index is 12.3. The molecule has 0 spiro atoms. The second kappa shape index (κ2) is 8.44. The van der Waals surface area contributed by atoms with E-state index in [1.165, 1.54) is 6.42 Å². The van der Waals surface area contributed by atoms with Gasteiger partial charge in [0.2, 0.25) is 5.95 Å². The minimum Gasteiger partial charge on any atom is -0.441 e. The molecule has 2 saturated heterocycles. The second-order valence-electron chi connectivity index (χ2n) is 9.29. The minimum absolute atomic E-state index is 0.0530. The van der Waals surface area contributed by atoms with Crippen LogP contribution < -0.4 is 10.6 Å². The summed E-state index contributed by atoms with van der Waals surface area (Å²) in [5.74, 6) is 0.565. The number of alkyl carbamates (subject to hydrolysis) is 1. The quantitative estimate of drug-likeness (QED) is 0.797. The third-order valence-corrected chi connectivity index (χ3v) is 5.93. The molecule has 0 bridgehead atoms. The standard InChI is InChI=1S/C21H32N4O4/c1-21(2,3)16-9-10-22-19(25-16)24-14-11-27-18-15(12-28-17(14)18)29-20(26)23-13-7-5-4-6-8-13/h9-10,13-15,17-18H,4-8,11-12H2,1-3H3,(H,23,26)(H,22,24,25)/t14-,15-,17-,18+/m1/s1. The molecule has 3 heterocycles. The van der Waals surface area contributed by atoms with Gasteiger partial charge >= 0.3 is 6.09 Å². The summed E-state index contributed by atoms with van der Waals surface area (Å²) < 4.78 is 17.5. The third kappa shape index (κ3) is 4.80. The van der Waals surface area contributed by atoms with Crippen molar-refractivity contribution < 1.29 is 19.0 Å². The second-order valence-corrected chi connectivity index (χ2v) is 9.29. The van der Waals surface area contributed by atoms with Gasteiger partial charge in [0.15, 0.2) is 6.10 Å². The van der Waals surface area contributed by atoms with Crippen LogP contribution in [-0.2, 0) is 19.6 Å². The van der Waals surface area contributed by atoms with Gasteiger partial charge in [0.1, 0.15) is 12.2 Å². The highest BCUT2D eigenvalue weighted by Gasteiger charge is 2.49. The molecule has 0 aromatic carbocycles. The lowest BCUT2D eigenvalue weighted by Gasteiger charge is -2.24. The van der Waals surface area contributed by atoms with Gasteiger partial charge in [0.05, 0.1) is 24.9 Å². The van der Waals surface area contributed by atoms with E-state index in [2.05, 4.69) is 41.4 Å². The topological polar surface area (TPSA) is 94.6 Å². The van der Waals surface area contributed by atoms with Crippen molar-refractivity contribution in [3.8, 4) is 0 Å². The number of hydrogen-bond donors (Lipinski definition) is 2. The Kier molecular flexibility index (Phi) is 5.92. The fraction of sp³-hybridized carbons (Fsp3) is 0.762. The van der Waals surface area contributed by atoms with E-state index in [4.69, 9.17) is 14.2 Å². The van der Waals surface area contributed by atoms with Crippen LogP contribution in [0.25, 0.3) is 0 Å². The van der Waals surface area contributed by atoms with Gasteiger partial charge in [-0.1, -0.05) is 40.0 Å². The Labute approximate surface area is 172 Å². The molecule has 2 N–H and O–H groups in total. The van der Waals surface area contributed by atoms with Gasteiger partial charge in [-0.2, -0.15) is 0 Å². The Morgan fingerprint density at radius 3 is 2.66 bits per heavy atom. The summed E-state index contributed by atoms with van der Waals surface area (Å²) in [6, 6.07) is 2.07. The molecule has 29 heavy (non-hydrogen) atoms. The molecule has 0 unspecified atom stereocenters.